The number of nitrogens with two attached hydrogens (primary N) is 1. The summed E-state index contributed by atoms with van der Waals surface area (Å²) in [5, 5.41) is 8.88. The summed E-state index contributed by atoms with van der Waals surface area (Å²) in [5.74, 6) is 1.39. The maximum atomic E-state index is 8.88. The van der Waals surface area contributed by atoms with Crippen LogP contribution in [0.3, 0.4) is 0 Å². The Morgan fingerprint density at radius 2 is 1.94 bits per heavy atom. The van der Waals surface area contributed by atoms with Crippen molar-refractivity contribution in [2.45, 2.75) is 6.61 Å². The maximum absolute atomic E-state index is 8.88. The van der Waals surface area contributed by atoms with Gasteiger partial charge in [-0.1, -0.05) is 12.1 Å². The normalized spacial score (nSPS) is 10.1. The lowest BCUT2D eigenvalue weighted by Crippen LogP contribution is -1.93. The molecule has 0 amide bonds. The second-order valence-corrected chi connectivity index (χ2v) is 3.19. The molecule has 0 saturated carbocycles. The first kappa shape index (κ1) is 10.4. The Hall–Kier alpha value is -2.14. The van der Waals surface area contributed by atoms with Crippen molar-refractivity contribution in [2.75, 3.05) is 5.73 Å². The van der Waals surface area contributed by atoms with Crippen molar-refractivity contribution in [1.82, 2.24) is 9.97 Å². The number of anilines is 1. The van der Waals surface area contributed by atoms with Crippen LogP contribution >= 0.6 is 0 Å². The predicted molar refractivity (Wildman–Crippen MR) is 58.9 cm³/mol. The largest absolute Gasteiger partial charge is 0.439 e. The lowest BCUT2D eigenvalue weighted by Gasteiger charge is -2.05. The molecule has 1 aromatic heterocycles. The molecule has 0 radical (unpaired) electrons. The average Bonchev–Trinajstić information content (AvgIpc) is 2.30. The molecule has 0 saturated heterocycles. The Labute approximate surface area is 92.5 Å². The molecule has 0 unspecified atom stereocenters. The lowest BCUT2D eigenvalue weighted by atomic mass is 10.2. The van der Waals surface area contributed by atoms with Gasteiger partial charge in [-0.25, -0.2) is 9.97 Å². The van der Waals surface area contributed by atoms with Gasteiger partial charge in [0.2, 0.25) is 5.88 Å². The first-order valence-electron chi connectivity index (χ1n) is 4.73. The zero-order valence-corrected chi connectivity index (χ0v) is 8.50. The fourth-order valence-corrected chi connectivity index (χ4v) is 1.19. The number of ether oxygens (including phenoxy) is 1. The average molecular weight is 217 g/mol. The molecule has 3 N–H and O–H groups in total. The molecule has 0 fully saturated rings. The van der Waals surface area contributed by atoms with E-state index in [1.165, 1.54) is 6.33 Å². The molecule has 2 aromatic rings. The van der Waals surface area contributed by atoms with Gasteiger partial charge in [-0.05, 0) is 17.7 Å². The molecule has 0 atom stereocenters. The first-order valence-corrected chi connectivity index (χ1v) is 4.73. The number of nitrogens with zero attached hydrogens (tertiary/aromatic N) is 2. The molecule has 5 nitrogen and oxygen atoms in total. The Balaban J connectivity index is 2.14. The van der Waals surface area contributed by atoms with Crippen molar-refractivity contribution < 1.29 is 9.84 Å². The third-order valence-corrected chi connectivity index (χ3v) is 1.99. The minimum atomic E-state index is 0.0146. The van der Waals surface area contributed by atoms with Crippen LogP contribution in [0.1, 0.15) is 5.56 Å². The van der Waals surface area contributed by atoms with Crippen molar-refractivity contribution in [2.24, 2.45) is 0 Å². The van der Waals surface area contributed by atoms with Gasteiger partial charge in [-0.3, -0.25) is 0 Å². The standard InChI is InChI=1S/C11H11N3O2/c12-10-5-11(14-7-13-10)16-9-3-1-8(6-15)2-4-9/h1-5,7,15H,6H2,(H2,12,13,14). The second-order valence-electron chi connectivity index (χ2n) is 3.19. The summed E-state index contributed by atoms with van der Waals surface area (Å²) in [7, 11) is 0. The fourth-order valence-electron chi connectivity index (χ4n) is 1.19. The molecule has 16 heavy (non-hydrogen) atoms. The van der Waals surface area contributed by atoms with E-state index < -0.39 is 0 Å². The zero-order valence-electron chi connectivity index (χ0n) is 8.50. The predicted octanol–water partition coefficient (Wildman–Crippen LogP) is 1.34. The van der Waals surface area contributed by atoms with E-state index in [-0.39, 0.29) is 6.61 Å². The topological polar surface area (TPSA) is 81.3 Å². The highest BCUT2D eigenvalue weighted by molar-refractivity contribution is 5.35. The van der Waals surface area contributed by atoms with Crippen LogP contribution in [-0.2, 0) is 6.61 Å². The summed E-state index contributed by atoms with van der Waals surface area (Å²) in [5.41, 5.74) is 6.32. The molecule has 0 bridgehead atoms. The van der Waals surface area contributed by atoms with Crippen LogP contribution in [0.25, 0.3) is 0 Å². The van der Waals surface area contributed by atoms with Crippen LogP contribution in [0.15, 0.2) is 36.7 Å². The van der Waals surface area contributed by atoms with Gasteiger partial charge >= 0.3 is 0 Å². The van der Waals surface area contributed by atoms with Gasteiger partial charge < -0.3 is 15.6 Å². The van der Waals surface area contributed by atoms with Gasteiger partial charge in [0, 0.05) is 6.07 Å². The van der Waals surface area contributed by atoms with Gasteiger partial charge in [-0.2, -0.15) is 0 Å². The number of rotatable bonds is 3. The van der Waals surface area contributed by atoms with Crippen molar-refractivity contribution >= 4 is 5.82 Å². The highest BCUT2D eigenvalue weighted by atomic mass is 16.5. The SMILES string of the molecule is Nc1cc(Oc2ccc(CO)cc2)ncn1. The van der Waals surface area contributed by atoms with Gasteiger partial charge in [0.25, 0.3) is 0 Å². The van der Waals surface area contributed by atoms with Crippen LogP contribution in [-0.4, -0.2) is 15.1 Å². The monoisotopic (exact) mass is 217 g/mol. The number of aliphatic hydroxyl groups excluding tert-OH is 1. The molecule has 2 rings (SSSR count). The highest BCUT2D eigenvalue weighted by Gasteiger charge is 1.99. The smallest absolute Gasteiger partial charge is 0.224 e. The van der Waals surface area contributed by atoms with Crippen molar-refractivity contribution in [3.05, 3.63) is 42.2 Å². The molecular formula is C11H11N3O2. The quantitative estimate of drug-likeness (QED) is 0.810. The second kappa shape index (κ2) is 4.59. The molecule has 82 valence electrons. The van der Waals surface area contributed by atoms with Crippen LogP contribution in [0.2, 0.25) is 0 Å². The molecule has 1 heterocycles. The zero-order chi connectivity index (χ0) is 11.4. The number of aromatic nitrogens is 2. The van der Waals surface area contributed by atoms with Crippen molar-refractivity contribution in [3.8, 4) is 11.6 Å². The summed E-state index contributed by atoms with van der Waals surface area (Å²) in [6, 6.07) is 8.60. The van der Waals surface area contributed by atoms with Gasteiger partial charge in [0.1, 0.15) is 17.9 Å². The Morgan fingerprint density at radius 3 is 2.56 bits per heavy atom. The summed E-state index contributed by atoms with van der Waals surface area (Å²) in [4.78, 5) is 7.68. The molecule has 1 aromatic carbocycles. The molecule has 0 aliphatic heterocycles. The highest BCUT2D eigenvalue weighted by Crippen LogP contribution is 2.20. The van der Waals surface area contributed by atoms with E-state index in [4.69, 9.17) is 15.6 Å². The third-order valence-electron chi connectivity index (χ3n) is 1.99. The van der Waals surface area contributed by atoms with E-state index in [1.54, 1.807) is 30.3 Å². The Kier molecular flexibility index (Phi) is 2.98. The minimum absolute atomic E-state index is 0.0146. The van der Waals surface area contributed by atoms with Crippen molar-refractivity contribution in [1.29, 1.82) is 0 Å². The molecule has 0 aliphatic carbocycles. The number of hydrogen-bond acceptors (Lipinski definition) is 5. The van der Waals surface area contributed by atoms with Crippen LogP contribution in [0.4, 0.5) is 5.82 Å². The van der Waals surface area contributed by atoms with E-state index in [0.717, 1.165) is 5.56 Å². The summed E-state index contributed by atoms with van der Waals surface area (Å²) < 4.78 is 5.45. The summed E-state index contributed by atoms with van der Waals surface area (Å²) in [6.07, 6.45) is 1.34. The van der Waals surface area contributed by atoms with Crippen LogP contribution in [0.5, 0.6) is 11.6 Å². The van der Waals surface area contributed by atoms with Crippen LogP contribution in [0, 0.1) is 0 Å². The van der Waals surface area contributed by atoms with E-state index in [0.29, 0.717) is 17.4 Å². The van der Waals surface area contributed by atoms with E-state index in [1.807, 2.05) is 0 Å². The molecule has 5 heteroatoms. The number of nitrogen functional groups attached to an aromatic ring is 1. The van der Waals surface area contributed by atoms with Gasteiger partial charge in [0.05, 0.1) is 6.61 Å². The van der Waals surface area contributed by atoms with E-state index in [9.17, 15) is 0 Å². The molecular weight excluding hydrogens is 206 g/mol. The number of benzene rings is 1. The molecule has 0 aliphatic rings. The summed E-state index contributed by atoms with van der Waals surface area (Å²) >= 11 is 0. The van der Waals surface area contributed by atoms with Gasteiger partial charge in [0.15, 0.2) is 0 Å². The number of aliphatic hydroxyl groups is 1. The summed E-state index contributed by atoms with van der Waals surface area (Å²) in [6.45, 7) is 0.0146. The first-order chi connectivity index (χ1) is 7.78. The van der Waals surface area contributed by atoms with Crippen molar-refractivity contribution in [3.63, 3.8) is 0 Å². The Morgan fingerprint density at radius 1 is 1.19 bits per heavy atom. The Bertz CT molecular complexity index is 471. The fraction of sp³-hybridized carbons (Fsp3) is 0.0909. The van der Waals surface area contributed by atoms with Gasteiger partial charge in [-0.15, -0.1) is 0 Å². The van der Waals surface area contributed by atoms with E-state index >= 15 is 0 Å². The lowest BCUT2D eigenvalue weighted by molar-refractivity contribution is 0.281. The number of hydrogen-bond donors (Lipinski definition) is 2. The minimum Gasteiger partial charge on any atom is -0.439 e. The van der Waals surface area contributed by atoms with E-state index in [2.05, 4.69) is 9.97 Å². The molecule has 0 spiro atoms. The maximum Gasteiger partial charge on any atom is 0.224 e. The third kappa shape index (κ3) is 2.46. The van der Waals surface area contributed by atoms with Crippen LogP contribution < -0.4 is 10.5 Å².